The van der Waals surface area contributed by atoms with E-state index in [1.807, 2.05) is 13.8 Å². The second-order valence-corrected chi connectivity index (χ2v) is 5.80. The Morgan fingerprint density at radius 2 is 1.84 bits per heavy atom. The summed E-state index contributed by atoms with van der Waals surface area (Å²) in [6.45, 7) is 7.87. The van der Waals surface area contributed by atoms with Crippen molar-refractivity contribution < 1.29 is 24.5 Å². The maximum absolute atomic E-state index is 11.5. The number of ether oxygens (including phenoxy) is 1. The molecule has 0 radical (unpaired) electrons. The van der Waals surface area contributed by atoms with Gasteiger partial charge < -0.3 is 14.9 Å². The second-order valence-electron chi connectivity index (χ2n) is 5.80. The van der Waals surface area contributed by atoms with Gasteiger partial charge in [0.1, 0.15) is 0 Å². The molecule has 2 N–H and O–H groups in total. The maximum atomic E-state index is 11.5. The van der Waals surface area contributed by atoms with E-state index >= 15 is 0 Å². The first kappa shape index (κ1) is 17.9. The van der Waals surface area contributed by atoms with Gasteiger partial charge in [-0.15, -0.1) is 0 Å². The summed E-state index contributed by atoms with van der Waals surface area (Å²) in [4.78, 5) is 21.8. The molecule has 0 aliphatic rings. The summed E-state index contributed by atoms with van der Waals surface area (Å²) in [7, 11) is 0. The maximum Gasteiger partial charge on any atom is 0.308 e. The van der Waals surface area contributed by atoms with E-state index in [-0.39, 0.29) is 19.3 Å². The van der Waals surface area contributed by atoms with E-state index in [1.165, 1.54) is 0 Å². The molecule has 0 bridgehead atoms. The van der Waals surface area contributed by atoms with E-state index in [1.54, 1.807) is 0 Å². The topological polar surface area (TPSA) is 83.8 Å². The van der Waals surface area contributed by atoms with E-state index in [0.717, 1.165) is 12.8 Å². The smallest absolute Gasteiger partial charge is 0.308 e. The molecule has 0 aliphatic carbocycles. The van der Waals surface area contributed by atoms with Crippen molar-refractivity contribution in [1.82, 2.24) is 0 Å². The lowest BCUT2D eigenvalue weighted by Crippen LogP contribution is -2.35. The van der Waals surface area contributed by atoms with Crippen LogP contribution in [0.3, 0.4) is 0 Å². The summed E-state index contributed by atoms with van der Waals surface area (Å²) in [5.41, 5.74) is -0.502. The highest BCUT2D eigenvalue weighted by Crippen LogP contribution is 2.31. The van der Waals surface area contributed by atoms with Gasteiger partial charge in [-0.05, 0) is 18.8 Å². The zero-order valence-corrected chi connectivity index (χ0v) is 12.3. The quantitative estimate of drug-likeness (QED) is 0.498. The molecule has 0 saturated carbocycles. The van der Waals surface area contributed by atoms with E-state index in [2.05, 4.69) is 13.8 Å². The Kier molecular flexibility index (Phi) is 7.68. The predicted octanol–water partition coefficient (Wildman–Crippen LogP) is 2.57. The molecule has 0 aliphatic heterocycles. The predicted molar refractivity (Wildman–Crippen MR) is 71.4 cm³/mol. The van der Waals surface area contributed by atoms with Crippen molar-refractivity contribution in [1.29, 1.82) is 0 Å². The number of carboxylic acid groups (broad SMARTS) is 1. The number of hydrogen-bond donors (Lipinski definition) is 2. The first-order valence-corrected chi connectivity index (χ1v) is 6.78. The summed E-state index contributed by atoms with van der Waals surface area (Å²) < 4.78 is 4.97. The highest BCUT2D eigenvalue weighted by molar-refractivity contribution is 5.71. The molecule has 0 spiro atoms. The summed E-state index contributed by atoms with van der Waals surface area (Å²) in [6.07, 6.45) is 0.783. The molecule has 0 rings (SSSR count). The largest absolute Gasteiger partial charge is 0.481 e. The molecule has 0 fully saturated rings. The Bertz CT molecular complexity index is 298. The minimum Gasteiger partial charge on any atom is -0.481 e. The van der Waals surface area contributed by atoms with Crippen LogP contribution in [-0.4, -0.2) is 28.4 Å². The first-order valence-electron chi connectivity index (χ1n) is 6.78. The van der Waals surface area contributed by atoms with Gasteiger partial charge in [0, 0.05) is 18.3 Å². The number of carbonyl (C=O) groups excluding carboxylic acids is 1. The molecular weight excluding hydrogens is 248 g/mol. The number of carbonyl (C=O) groups is 2. The zero-order valence-electron chi connectivity index (χ0n) is 12.3. The molecule has 19 heavy (non-hydrogen) atoms. The Labute approximate surface area is 115 Å². The van der Waals surface area contributed by atoms with Crippen LogP contribution in [0.4, 0.5) is 0 Å². The third-order valence-corrected chi connectivity index (χ3v) is 3.25. The average molecular weight is 274 g/mol. The standard InChI is InChI=1S/C14H26O5/c1-5-10(2)9-14(3,4)13(18)19-12(17)8-6-7-11(15)16/h10,13,18H,5-9H2,1-4H3,(H,15,16). The van der Waals surface area contributed by atoms with Crippen LogP contribution in [0, 0.1) is 11.3 Å². The molecule has 5 nitrogen and oxygen atoms in total. The third-order valence-electron chi connectivity index (χ3n) is 3.25. The molecule has 5 heteroatoms. The van der Waals surface area contributed by atoms with Crippen LogP contribution < -0.4 is 0 Å². The molecule has 0 heterocycles. The van der Waals surface area contributed by atoms with Crippen LogP contribution in [0.15, 0.2) is 0 Å². The fourth-order valence-electron chi connectivity index (χ4n) is 1.87. The Balaban J connectivity index is 4.15. The van der Waals surface area contributed by atoms with E-state index < -0.39 is 23.6 Å². The number of hydrogen-bond acceptors (Lipinski definition) is 4. The van der Waals surface area contributed by atoms with Gasteiger partial charge in [-0.25, -0.2) is 0 Å². The lowest BCUT2D eigenvalue weighted by molar-refractivity contribution is -0.191. The highest BCUT2D eigenvalue weighted by Gasteiger charge is 2.32. The van der Waals surface area contributed by atoms with E-state index in [0.29, 0.717) is 5.92 Å². The minimum absolute atomic E-state index is 0.0166. The van der Waals surface area contributed by atoms with Crippen molar-refractivity contribution >= 4 is 11.9 Å². The highest BCUT2D eigenvalue weighted by atomic mass is 16.6. The number of rotatable bonds is 9. The number of aliphatic hydroxyl groups is 1. The van der Waals surface area contributed by atoms with Crippen LogP contribution in [0.5, 0.6) is 0 Å². The summed E-state index contributed by atoms with van der Waals surface area (Å²) in [6, 6.07) is 0. The van der Waals surface area contributed by atoms with Crippen molar-refractivity contribution in [2.45, 2.75) is 66.1 Å². The molecule has 2 unspecified atom stereocenters. The van der Waals surface area contributed by atoms with Crippen LogP contribution in [-0.2, 0) is 14.3 Å². The van der Waals surface area contributed by atoms with E-state index in [9.17, 15) is 14.7 Å². The number of esters is 1. The Morgan fingerprint density at radius 1 is 1.26 bits per heavy atom. The van der Waals surface area contributed by atoms with Crippen molar-refractivity contribution in [3.8, 4) is 0 Å². The third kappa shape index (κ3) is 7.82. The van der Waals surface area contributed by atoms with Crippen molar-refractivity contribution in [3.05, 3.63) is 0 Å². The molecule has 112 valence electrons. The number of aliphatic hydroxyl groups excluding tert-OH is 1. The minimum atomic E-state index is -1.15. The molecule has 0 aromatic heterocycles. The van der Waals surface area contributed by atoms with Crippen molar-refractivity contribution in [3.63, 3.8) is 0 Å². The summed E-state index contributed by atoms with van der Waals surface area (Å²) in [5, 5.41) is 18.4. The SMILES string of the molecule is CCC(C)CC(C)(C)C(O)OC(=O)CCCC(=O)O. The monoisotopic (exact) mass is 274 g/mol. The van der Waals surface area contributed by atoms with Gasteiger partial charge in [-0.2, -0.15) is 0 Å². The normalized spacial score (nSPS) is 14.8. The fraction of sp³-hybridized carbons (Fsp3) is 0.857. The molecule has 0 aromatic rings. The van der Waals surface area contributed by atoms with Crippen molar-refractivity contribution in [2.75, 3.05) is 0 Å². The first-order chi connectivity index (χ1) is 8.69. The van der Waals surface area contributed by atoms with Gasteiger partial charge in [0.2, 0.25) is 6.29 Å². The summed E-state index contributed by atoms with van der Waals surface area (Å²) >= 11 is 0. The van der Waals surface area contributed by atoms with Gasteiger partial charge in [0.15, 0.2) is 0 Å². The van der Waals surface area contributed by atoms with Crippen LogP contribution >= 0.6 is 0 Å². The summed E-state index contributed by atoms with van der Waals surface area (Å²) in [5.74, 6) is -1.05. The van der Waals surface area contributed by atoms with Crippen LogP contribution in [0.1, 0.15) is 59.8 Å². The molecule has 0 aromatic carbocycles. The zero-order chi connectivity index (χ0) is 15.1. The van der Waals surface area contributed by atoms with Gasteiger partial charge in [0.25, 0.3) is 0 Å². The van der Waals surface area contributed by atoms with Gasteiger partial charge in [-0.1, -0.05) is 34.1 Å². The average Bonchev–Trinajstić information content (AvgIpc) is 2.27. The van der Waals surface area contributed by atoms with Crippen LogP contribution in [0.2, 0.25) is 0 Å². The van der Waals surface area contributed by atoms with Gasteiger partial charge in [-0.3, -0.25) is 9.59 Å². The second kappa shape index (κ2) is 8.15. The van der Waals surface area contributed by atoms with Gasteiger partial charge in [0.05, 0.1) is 0 Å². The fourth-order valence-corrected chi connectivity index (χ4v) is 1.87. The lowest BCUT2D eigenvalue weighted by atomic mass is 9.82. The molecular formula is C14H26O5. The lowest BCUT2D eigenvalue weighted by Gasteiger charge is -2.32. The van der Waals surface area contributed by atoms with Crippen molar-refractivity contribution in [2.24, 2.45) is 11.3 Å². The molecule has 0 amide bonds. The Morgan fingerprint density at radius 3 is 2.32 bits per heavy atom. The van der Waals surface area contributed by atoms with Gasteiger partial charge >= 0.3 is 11.9 Å². The molecule has 0 saturated heterocycles. The number of carboxylic acids is 1. The number of aliphatic carboxylic acids is 1. The Hall–Kier alpha value is -1.10. The van der Waals surface area contributed by atoms with E-state index in [4.69, 9.17) is 9.84 Å². The van der Waals surface area contributed by atoms with Crippen LogP contribution in [0.25, 0.3) is 0 Å². The molecule has 2 atom stereocenters.